The molecule has 0 spiro atoms. The molecule has 2 aromatic rings. The number of carbonyl (C=O) groups excluding carboxylic acids is 1. The molecule has 0 saturated carbocycles. The highest BCUT2D eigenvalue weighted by molar-refractivity contribution is 6.27. The number of hydrogen-bond acceptors (Lipinski definition) is 9. The van der Waals surface area contributed by atoms with Gasteiger partial charge in [0.15, 0.2) is 23.0 Å². The number of nitrogens with zero attached hydrogens (tertiary/aromatic N) is 1. The Balaban J connectivity index is 0.000000717. The van der Waals surface area contributed by atoms with Crippen LogP contribution in [0.1, 0.15) is 29.2 Å². The summed E-state index contributed by atoms with van der Waals surface area (Å²) < 4.78 is 26.8. The Labute approximate surface area is 215 Å². The Kier molecular flexibility index (Phi) is 11.0. The van der Waals surface area contributed by atoms with Gasteiger partial charge in [-0.2, -0.15) is 0 Å². The zero-order valence-electron chi connectivity index (χ0n) is 21.6. The number of benzene rings is 2. The first-order chi connectivity index (χ1) is 17.7. The SMILES string of the molecule is COC(=O)CCN1CCc2cc(OC)c(OC)cc2C1Cc1ccc(OC)c(OC)c1.O=C(O)C(=O)O. The third kappa shape index (κ3) is 7.74. The van der Waals surface area contributed by atoms with Crippen molar-refractivity contribution in [2.75, 3.05) is 48.6 Å². The summed E-state index contributed by atoms with van der Waals surface area (Å²) in [6.07, 6.45) is 1.98. The normalized spacial score (nSPS) is 14.4. The molecule has 11 heteroatoms. The predicted molar refractivity (Wildman–Crippen MR) is 133 cm³/mol. The van der Waals surface area contributed by atoms with Crippen LogP contribution in [0, 0.1) is 0 Å². The summed E-state index contributed by atoms with van der Waals surface area (Å²) in [6.45, 7) is 1.47. The topological polar surface area (TPSA) is 141 Å². The van der Waals surface area contributed by atoms with Gasteiger partial charge in [0.25, 0.3) is 0 Å². The number of fused-ring (bicyclic) bond motifs is 1. The van der Waals surface area contributed by atoms with E-state index < -0.39 is 11.9 Å². The van der Waals surface area contributed by atoms with E-state index in [0.717, 1.165) is 30.7 Å². The summed E-state index contributed by atoms with van der Waals surface area (Å²) in [5, 5.41) is 14.8. The van der Waals surface area contributed by atoms with Crippen LogP contribution in [0.15, 0.2) is 30.3 Å². The number of carboxylic acids is 2. The van der Waals surface area contributed by atoms with Crippen LogP contribution in [0.3, 0.4) is 0 Å². The summed E-state index contributed by atoms with van der Waals surface area (Å²) >= 11 is 0. The summed E-state index contributed by atoms with van der Waals surface area (Å²) in [7, 11) is 7.98. The van der Waals surface area contributed by atoms with Gasteiger partial charge >= 0.3 is 17.9 Å². The molecular formula is C26H33NO10. The zero-order chi connectivity index (χ0) is 27.5. The number of carboxylic acid groups (broad SMARTS) is 2. The molecule has 0 bridgehead atoms. The largest absolute Gasteiger partial charge is 0.493 e. The minimum absolute atomic E-state index is 0.0753. The molecule has 0 saturated heterocycles. The fourth-order valence-corrected chi connectivity index (χ4v) is 4.15. The highest BCUT2D eigenvalue weighted by atomic mass is 16.5. The summed E-state index contributed by atoms with van der Waals surface area (Å²) in [4.78, 5) is 32.3. The number of hydrogen-bond donors (Lipinski definition) is 2. The lowest BCUT2D eigenvalue weighted by Gasteiger charge is -2.38. The molecule has 1 unspecified atom stereocenters. The van der Waals surface area contributed by atoms with Crippen molar-refractivity contribution in [2.24, 2.45) is 0 Å². The van der Waals surface area contributed by atoms with Crippen LogP contribution in [-0.4, -0.2) is 81.7 Å². The van der Waals surface area contributed by atoms with Gasteiger partial charge in [-0.15, -0.1) is 0 Å². The van der Waals surface area contributed by atoms with E-state index in [0.29, 0.717) is 30.2 Å². The molecule has 1 aliphatic rings. The van der Waals surface area contributed by atoms with Crippen LogP contribution in [0.25, 0.3) is 0 Å². The molecule has 11 nitrogen and oxygen atoms in total. The Morgan fingerprint density at radius 1 is 0.838 bits per heavy atom. The van der Waals surface area contributed by atoms with E-state index in [1.807, 2.05) is 12.1 Å². The second-order valence-electron chi connectivity index (χ2n) is 8.04. The molecule has 37 heavy (non-hydrogen) atoms. The Bertz CT molecular complexity index is 1090. The molecule has 0 fully saturated rings. The average Bonchev–Trinajstić information content (AvgIpc) is 2.91. The highest BCUT2D eigenvalue weighted by Gasteiger charge is 2.30. The quantitative estimate of drug-likeness (QED) is 0.373. The lowest BCUT2D eigenvalue weighted by molar-refractivity contribution is -0.159. The van der Waals surface area contributed by atoms with Gasteiger partial charge in [0, 0.05) is 19.1 Å². The first-order valence-corrected chi connectivity index (χ1v) is 11.4. The van der Waals surface area contributed by atoms with Crippen LogP contribution in [-0.2, 0) is 32.0 Å². The van der Waals surface area contributed by atoms with E-state index in [9.17, 15) is 4.79 Å². The third-order valence-corrected chi connectivity index (χ3v) is 6.00. The van der Waals surface area contributed by atoms with Crippen LogP contribution in [0.4, 0.5) is 0 Å². The second-order valence-corrected chi connectivity index (χ2v) is 8.04. The number of carbonyl (C=O) groups is 3. The molecule has 1 atom stereocenters. The van der Waals surface area contributed by atoms with Gasteiger partial charge < -0.3 is 33.9 Å². The highest BCUT2D eigenvalue weighted by Crippen LogP contribution is 2.40. The Morgan fingerprint density at radius 2 is 1.41 bits per heavy atom. The number of methoxy groups -OCH3 is 5. The minimum Gasteiger partial charge on any atom is -0.493 e. The molecule has 0 radical (unpaired) electrons. The average molecular weight is 520 g/mol. The summed E-state index contributed by atoms with van der Waals surface area (Å²) in [6, 6.07) is 10.2. The molecule has 2 N–H and O–H groups in total. The molecule has 0 aliphatic carbocycles. The van der Waals surface area contributed by atoms with Crippen molar-refractivity contribution in [2.45, 2.75) is 25.3 Å². The maximum Gasteiger partial charge on any atom is 0.414 e. The van der Waals surface area contributed by atoms with Crippen LogP contribution in [0.2, 0.25) is 0 Å². The molecular weight excluding hydrogens is 486 g/mol. The van der Waals surface area contributed by atoms with Gasteiger partial charge in [-0.3, -0.25) is 9.69 Å². The van der Waals surface area contributed by atoms with E-state index in [1.54, 1.807) is 28.4 Å². The van der Waals surface area contributed by atoms with Crippen LogP contribution < -0.4 is 18.9 Å². The second kappa shape index (κ2) is 13.9. The number of rotatable bonds is 9. The maximum absolute atomic E-state index is 11.8. The fourth-order valence-electron chi connectivity index (χ4n) is 4.15. The minimum atomic E-state index is -1.82. The van der Waals surface area contributed by atoms with Gasteiger partial charge in [0.05, 0.1) is 42.0 Å². The molecule has 1 heterocycles. The predicted octanol–water partition coefficient (Wildman–Crippen LogP) is 2.58. The first kappa shape index (κ1) is 29.2. The smallest absolute Gasteiger partial charge is 0.414 e. The zero-order valence-corrected chi connectivity index (χ0v) is 21.6. The third-order valence-electron chi connectivity index (χ3n) is 6.00. The lowest BCUT2D eigenvalue weighted by atomic mass is 9.88. The number of esters is 1. The van der Waals surface area contributed by atoms with E-state index >= 15 is 0 Å². The van der Waals surface area contributed by atoms with Crippen molar-refractivity contribution < 1.29 is 48.3 Å². The molecule has 1 aliphatic heterocycles. The Hall–Kier alpha value is -3.99. The molecule has 202 valence electrons. The molecule has 3 rings (SSSR count). The van der Waals surface area contributed by atoms with Crippen molar-refractivity contribution in [3.05, 3.63) is 47.0 Å². The van der Waals surface area contributed by atoms with Crippen molar-refractivity contribution in [1.82, 2.24) is 4.90 Å². The maximum atomic E-state index is 11.8. The van der Waals surface area contributed by atoms with Crippen molar-refractivity contribution in [1.29, 1.82) is 0 Å². The number of aliphatic carboxylic acids is 2. The monoisotopic (exact) mass is 519 g/mol. The van der Waals surface area contributed by atoms with E-state index in [2.05, 4.69) is 23.1 Å². The van der Waals surface area contributed by atoms with Gasteiger partial charge in [-0.1, -0.05) is 6.07 Å². The molecule has 2 aromatic carbocycles. The molecule has 0 aromatic heterocycles. The van der Waals surface area contributed by atoms with Gasteiger partial charge in [-0.25, -0.2) is 9.59 Å². The van der Waals surface area contributed by atoms with Gasteiger partial charge in [0.2, 0.25) is 0 Å². The van der Waals surface area contributed by atoms with E-state index in [1.165, 1.54) is 18.2 Å². The Morgan fingerprint density at radius 3 is 1.95 bits per heavy atom. The van der Waals surface area contributed by atoms with Crippen LogP contribution >= 0.6 is 0 Å². The van der Waals surface area contributed by atoms with Crippen molar-refractivity contribution in [3.8, 4) is 23.0 Å². The van der Waals surface area contributed by atoms with Gasteiger partial charge in [0.1, 0.15) is 0 Å². The van der Waals surface area contributed by atoms with E-state index in [4.69, 9.17) is 43.5 Å². The first-order valence-electron chi connectivity index (χ1n) is 11.4. The van der Waals surface area contributed by atoms with Gasteiger partial charge in [-0.05, 0) is 53.8 Å². The fraction of sp³-hybridized carbons (Fsp3) is 0.423. The standard InChI is InChI=1S/C24H31NO6.C2H2O4/c1-27-20-7-6-16(13-21(20)28-2)12-19-18-15-23(30-4)22(29-3)14-17(18)8-10-25(19)11-9-24(26)31-5;3-1(4)2(5)6/h6-7,13-15,19H,8-12H2,1-5H3;(H,3,4)(H,5,6). The van der Waals surface area contributed by atoms with Crippen molar-refractivity contribution >= 4 is 17.9 Å². The molecule has 0 amide bonds. The van der Waals surface area contributed by atoms with E-state index in [-0.39, 0.29) is 12.0 Å². The lowest BCUT2D eigenvalue weighted by Crippen LogP contribution is -2.38. The summed E-state index contributed by atoms with van der Waals surface area (Å²) in [5.41, 5.74) is 3.54. The van der Waals surface area contributed by atoms with Crippen LogP contribution in [0.5, 0.6) is 23.0 Å². The van der Waals surface area contributed by atoms with Crippen molar-refractivity contribution in [3.63, 3.8) is 0 Å². The number of ether oxygens (including phenoxy) is 5. The summed E-state index contributed by atoms with van der Waals surface area (Å²) in [5.74, 6) is -1.02.